The van der Waals surface area contributed by atoms with Gasteiger partial charge in [0, 0.05) is 26.7 Å². The third kappa shape index (κ3) is 8.74. The van der Waals surface area contributed by atoms with Crippen LogP contribution in [0.15, 0.2) is 0 Å². The third-order valence-electron chi connectivity index (χ3n) is 13.0. The van der Waals surface area contributed by atoms with Gasteiger partial charge in [0.15, 0.2) is 0 Å². The number of urea groups is 1. The van der Waals surface area contributed by atoms with Gasteiger partial charge in [0.1, 0.15) is 12.1 Å². The van der Waals surface area contributed by atoms with Gasteiger partial charge in [0.05, 0.1) is 17.3 Å². The van der Waals surface area contributed by atoms with Crippen molar-refractivity contribution in [2.24, 2.45) is 29.1 Å². The molecular weight excluding hydrogens is 673 g/mol. The minimum absolute atomic E-state index is 0.0176. The number of carbonyl (C=O) groups excluding carboxylic acids is 5. The van der Waals surface area contributed by atoms with E-state index < -0.39 is 57.3 Å². The van der Waals surface area contributed by atoms with Crippen molar-refractivity contribution in [3.63, 3.8) is 0 Å². The molecule has 1 heterocycles. The van der Waals surface area contributed by atoms with Gasteiger partial charge in [-0.15, -0.1) is 0 Å². The number of amides is 5. The Kier molecular flexibility index (Phi) is 11.1. The molecule has 0 aromatic carbocycles. The van der Waals surface area contributed by atoms with Gasteiger partial charge in [0.2, 0.25) is 27.6 Å². The number of sulfonamides is 1. The third-order valence-corrected chi connectivity index (χ3v) is 15.0. The summed E-state index contributed by atoms with van der Waals surface area (Å²) in [5, 5.41) is 11.8. The number of rotatable bonds is 15. The summed E-state index contributed by atoms with van der Waals surface area (Å²) in [6, 6.07) is -3.22. The largest absolute Gasteiger partial charge is 0.347 e. The van der Waals surface area contributed by atoms with E-state index in [0.717, 1.165) is 83.5 Å². The molecule has 5 amide bonds. The van der Waals surface area contributed by atoms with E-state index >= 15 is 0 Å². The number of Topliss-reactive ketones (excluding diaryl/α,β-unsaturated/α-hetero) is 1. The topological polar surface area (TPSA) is 174 Å². The number of hydrogen-bond donors (Lipinski definition) is 4. The maximum atomic E-state index is 14.7. The Morgan fingerprint density at radius 3 is 2.12 bits per heavy atom. The minimum atomic E-state index is -3.62. The predicted molar refractivity (Wildman–Crippen MR) is 192 cm³/mol. The van der Waals surface area contributed by atoms with Crippen LogP contribution in [0.5, 0.6) is 0 Å². The molecule has 0 aromatic rings. The lowest BCUT2D eigenvalue weighted by molar-refractivity contribution is -0.145. The number of nitrogens with zero attached hydrogens (tertiary/aromatic N) is 2. The molecule has 51 heavy (non-hydrogen) atoms. The van der Waals surface area contributed by atoms with Crippen molar-refractivity contribution in [3.8, 4) is 0 Å². The highest BCUT2D eigenvalue weighted by atomic mass is 32.2. The van der Waals surface area contributed by atoms with Crippen molar-refractivity contribution < 1.29 is 32.4 Å². The molecule has 0 bridgehead atoms. The van der Waals surface area contributed by atoms with Gasteiger partial charge >= 0.3 is 6.03 Å². The van der Waals surface area contributed by atoms with E-state index in [1.165, 1.54) is 18.4 Å². The molecule has 4 N–H and O–H groups in total. The highest BCUT2D eigenvalue weighted by molar-refractivity contribution is 7.89. The number of nitrogens with one attached hydrogen (secondary N) is 4. The van der Waals surface area contributed by atoms with Crippen molar-refractivity contribution in [2.75, 3.05) is 26.4 Å². The molecule has 5 saturated carbocycles. The summed E-state index contributed by atoms with van der Waals surface area (Å²) in [6.45, 7) is 4.56. The molecular formula is C37H60N6O7S. The Balaban J connectivity index is 1.20. The average molecular weight is 733 g/mol. The number of fused-ring (bicyclic) bond motifs is 1. The number of likely N-dealkylation sites (tertiary alicyclic amines) is 1. The highest BCUT2D eigenvalue weighted by Gasteiger charge is 2.70. The molecule has 6 fully saturated rings. The lowest BCUT2D eigenvalue weighted by atomic mass is 9.82. The maximum Gasteiger partial charge on any atom is 0.315 e. The Bertz CT molecular complexity index is 1460. The molecule has 5 aliphatic carbocycles. The second-order valence-electron chi connectivity index (χ2n) is 17.4. The lowest BCUT2D eigenvalue weighted by Gasteiger charge is -2.40. The fourth-order valence-corrected chi connectivity index (χ4v) is 10.6. The molecule has 6 aliphatic rings. The van der Waals surface area contributed by atoms with Crippen molar-refractivity contribution in [1.29, 1.82) is 0 Å². The van der Waals surface area contributed by atoms with Gasteiger partial charge in [0.25, 0.3) is 5.91 Å². The minimum Gasteiger partial charge on any atom is -0.347 e. The molecule has 1 saturated heterocycles. The van der Waals surface area contributed by atoms with Gasteiger partial charge in [-0.1, -0.05) is 65.2 Å². The number of carbonyl (C=O) groups is 5. The first kappa shape index (κ1) is 38.0. The number of ketones is 1. The molecule has 5 atom stereocenters. The Labute approximate surface area is 303 Å². The van der Waals surface area contributed by atoms with E-state index in [1.807, 2.05) is 0 Å². The normalized spacial score (nSPS) is 28.3. The van der Waals surface area contributed by atoms with E-state index in [9.17, 15) is 32.4 Å². The van der Waals surface area contributed by atoms with Gasteiger partial charge in [-0.3, -0.25) is 19.2 Å². The predicted octanol–water partition coefficient (Wildman–Crippen LogP) is 2.83. The van der Waals surface area contributed by atoms with E-state index in [2.05, 4.69) is 35.1 Å². The lowest BCUT2D eigenvalue weighted by Crippen LogP contribution is -2.63. The zero-order chi connectivity index (χ0) is 36.7. The van der Waals surface area contributed by atoms with Crippen LogP contribution in [0, 0.1) is 29.1 Å². The van der Waals surface area contributed by atoms with Crippen molar-refractivity contribution >= 4 is 39.6 Å². The number of hydrogen-bond acceptors (Lipinski definition) is 7. The van der Waals surface area contributed by atoms with Crippen LogP contribution in [-0.4, -0.2) is 103 Å². The molecule has 286 valence electrons. The summed E-state index contributed by atoms with van der Waals surface area (Å²) in [5.41, 5.74) is -1.12. The molecule has 6 rings (SSSR count). The molecule has 13 nitrogen and oxygen atoms in total. The van der Waals surface area contributed by atoms with Gasteiger partial charge in [-0.05, 0) is 80.5 Å². The van der Waals surface area contributed by atoms with E-state index in [4.69, 9.17) is 0 Å². The van der Waals surface area contributed by atoms with Crippen molar-refractivity contribution in [1.82, 2.24) is 30.5 Å². The summed E-state index contributed by atoms with van der Waals surface area (Å²) >= 11 is 0. The SMILES string of the molecule is CN(C)S(=O)(=O)CC1(NC(=O)NC(C(=O)N2CC3C(C2C(=O)NC(CCC2CC2)C(=O)C(=O)NC2CC2)C3(C)C)C2CCCCC2)CCCCC1. The van der Waals surface area contributed by atoms with Gasteiger partial charge in [-0.25, -0.2) is 17.5 Å². The summed E-state index contributed by atoms with van der Waals surface area (Å²) in [6.07, 6.45) is 13.0. The monoisotopic (exact) mass is 732 g/mol. The average Bonchev–Trinajstić information content (AvgIpc) is 4.04. The van der Waals surface area contributed by atoms with Crippen LogP contribution in [-0.2, 0) is 29.2 Å². The van der Waals surface area contributed by atoms with Crippen LogP contribution in [0.1, 0.15) is 117 Å². The maximum absolute atomic E-state index is 14.7. The fourth-order valence-electron chi connectivity index (χ4n) is 9.25. The summed E-state index contributed by atoms with van der Waals surface area (Å²) in [4.78, 5) is 70.7. The Morgan fingerprint density at radius 2 is 1.51 bits per heavy atom. The first-order valence-corrected chi connectivity index (χ1v) is 21.2. The zero-order valence-electron chi connectivity index (χ0n) is 31.0. The summed E-state index contributed by atoms with van der Waals surface area (Å²) in [5.74, 6) is -1.88. The second-order valence-corrected chi connectivity index (χ2v) is 19.6. The molecule has 5 unspecified atom stereocenters. The quantitative estimate of drug-likeness (QED) is 0.187. The molecule has 0 radical (unpaired) electrons. The van der Waals surface area contributed by atoms with Crippen LogP contribution < -0.4 is 21.3 Å². The smallest absolute Gasteiger partial charge is 0.315 e. The molecule has 14 heteroatoms. The summed E-state index contributed by atoms with van der Waals surface area (Å²) in [7, 11) is -0.633. The highest BCUT2D eigenvalue weighted by Crippen LogP contribution is 2.65. The number of piperidine rings is 1. The first-order chi connectivity index (χ1) is 24.1. The van der Waals surface area contributed by atoms with Gasteiger partial charge < -0.3 is 26.2 Å². The van der Waals surface area contributed by atoms with E-state index in [1.54, 1.807) is 4.90 Å². The van der Waals surface area contributed by atoms with Crippen LogP contribution in [0.4, 0.5) is 4.79 Å². The molecule has 0 spiro atoms. The molecule has 0 aromatic heterocycles. The van der Waals surface area contributed by atoms with Crippen LogP contribution in [0.3, 0.4) is 0 Å². The standard InChI is InChI=1S/C37H60N6O7S/c1-36(2)26-21-43(30(28(26)36)32(45)39-27(18-15-23-13-14-23)31(44)33(46)38-25-16-17-25)34(47)29(24-11-7-5-8-12-24)40-35(48)41-37(19-9-6-10-20-37)22-51(49,50)42(3)4/h23-30H,5-22H2,1-4H3,(H,38,46)(H,39,45)(H2,40,41,48). The first-order valence-electron chi connectivity index (χ1n) is 19.6. The zero-order valence-corrected chi connectivity index (χ0v) is 31.8. The Hall–Kier alpha value is -2.74. The van der Waals surface area contributed by atoms with E-state index in [-0.39, 0.29) is 40.9 Å². The Morgan fingerprint density at radius 1 is 0.863 bits per heavy atom. The van der Waals surface area contributed by atoms with Crippen molar-refractivity contribution in [3.05, 3.63) is 0 Å². The van der Waals surface area contributed by atoms with Crippen LogP contribution >= 0.6 is 0 Å². The van der Waals surface area contributed by atoms with Gasteiger partial charge in [-0.2, -0.15) is 0 Å². The van der Waals surface area contributed by atoms with Crippen LogP contribution in [0.25, 0.3) is 0 Å². The van der Waals surface area contributed by atoms with Crippen molar-refractivity contribution in [2.45, 2.75) is 146 Å². The fraction of sp³-hybridized carbons (Fsp3) is 0.865. The second kappa shape index (κ2) is 14.9. The van der Waals surface area contributed by atoms with E-state index in [0.29, 0.717) is 31.7 Å². The molecule has 1 aliphatic heterocycles. The summed E-state index contributed by atoms with van der Waals surface area (Å²) < 4.78 is 27.2. The van der Waals surface area contributed by atoms with Crippen LogP contribution in [0.2, 0.25) is 0 Å².